The molecule has 27 heavy (non-hydrogen) atoms. The lowest BCUT2D eigenvalue weighted by Crippen LogP contribution is -2.32. The summed E-state index contributed by atoms with van der Waals surface area (Å²) in [7, 11) is 1.47. The number of ketones is 1. The fraction of sp³-hybridized carbons (Fsp3) is 0.300. The maximum atomic E-state index is 12.8. The standard InChI is InChI=1S/C20H20N4O3/c1-21-19(26)16-7-13(18(25)6-12-2-3-12)10-24(20(16)27)11-14-8-23-17-9-22-5-4-15(14)17/h4-5,7-10,12,23H,2-3,6,11H2,1H3,(H,21,26). The van der Waals surface area contributed by atoms with Crippen LogP contribution < -0.4 is 10.9 Å². The molecule has 3 aromatic heterocycles. The van der Waals surface area contributed by atoms with Crippen molar-refractivity contribution in [2.24, 2.45) is 5.92 Å². The summed E-state index contributed by atoms with van der Waals surface area (Å²) in [6.45, 7) is 0.261. The van der Waals surface area contributed by atoms with Gasteiger partial charge >= 0.3 is 0 Å². The molecule has 7 heteroatoms. The molecule has 1 aliphatic rings. The molecule has 0 bridgehead atoms. The average molecular weight is 364 g/mol. The van der Waals surface area contributed by atoms with Crippen LogP contribution in [0.15, 0.2) is 41.7 Å². The molecule has 0 spiro atoms. The van der Waals surface area contributed by atoms with Crippen molar-refractivity contribution >= 4 is 22.6 Å². The molecule has 0 unspecified atom stereocenters. The van der Waals surface area contributed by atoms with Crippen LogP contribution in [0, 0.1) is 5.92 Å². The van der Waals surface area contributed by atoms with Crippen molar-refractivity contribution in [1.82, 2.24) is 19.9 Å². The zero-order valence-corrected chi connectivity index (χ0v) is 15.0. The molecule has 3 aromatic rings. The van der Waals surface area contributed by atoms with Gasteiger partial charge in [-0.25, -0.2) is 0 Å². The third-order valence-corrected chi connectivity index (χ3v) is 4.96. The molecule has 2 N–H and O–H groups in total. The Morgan fingerprint density at radius 2 is 2.19 bits per heavy atom. The Bertz CT molecular complexity index is 1090. The highest BCUT2D eigenvalue weighted by Crippen LogP contribution is 2.33. The number of aromatic nitrogens is 3. The Morgan fingerprint density at radius 1 is 1.37 bits per heavy atom. The van der Waals surface area contributed by atoms with E-state index in [4.69, 9.17) is 0 Å². The number of Topliss-reactive ketones (excluding diaryl/α,β-unsaturated/α-hetero) is 1. The first-order valence-corrected chi connectivity index (χ1v) is 8.96. The summed E-state index contributed by atoms with van der Waals surface area (Å²) in [6.07, 6.45) is 9.38. The van der Waals surface area contributed by atoms with Crippen molar-refractivity contribution in [3.8, 4) is 0 Å². The zero-order valence-electron chi connectivity index (χ0n) is 15.0. The summed E-state index contributed by atoms with van der Waals surface area (Å²) in [4.78, 5) is 44.7. The van der Waals surface area contributed by atoms with E-state index in [-0.39, 0.29) is 17.9 Å². The minimum absolute atomic E-state index is 0.0133. The Morgan fingerprint density at radius 3 is 2.93 bits per heavy atom. The molecule has 0 atom stereocenters. The highest BCUT2D eigenvalue weighted by atomic mass is 16.2. The van der Waals surface area contributed by atoms with E-state index in [0.717, 1.165) is 29.3 Å². The minimum Gasteiger partial charge on any atom is -0.360 e. The van der Waals surface area contributed by atoms with Crippen LogP contribution in [0.1, 0.15) is 45.5 Å². The maximum Gasteiger partial charge on any atom is 0.263 e. The molecule has 0 radical (unpaired) electrons. The quantitative estimate of drug-likeness (QED) is 0.655. The molecule has 3 heterocycles. The molecule has 0 aromatic carbocycles. The Labute approximate surface area is 155 Å². The van der Waals surface area contributed by atoms with Gasteiger partial charge in [0.15, 0.2) is 5.78 Å². The fourth-order valence-electron chi connectivity index (χ4n) is 3.25. The van der Waals surface area contributed by atoms with Crippen molar-refractivity contribution < 1.29 is 9.59 Å². The molecule has 4 rings (SSSR count). The number of hydrogen-bond donors (Lipinski definition) is 2. The van der Waals surface area contributed by atoms with Crippen molar-refractivity contribution in [2.45, 2.75) is 25.8 Å². The summed E-state index contributed by atoms with van der Waals surface area (Å²) >= 11 is 0. The van der Waals surface area contributed by atoms with E-state index in [0.29, 0.717) is 17.9 Å². The predicted octanol–water partition coefficient (Wildman–Crippen LogP) is 2.12. The van der Waals surface area contributed by atoms with Crippen LogP contribution in [0.5, 0.6) is 0 Å². The second-order valence-electron chi connectivity index (χ2n) is 6.96. The van der Waals surface area contributed by atoms with Gasteiger partial charge in [0.2, 0.25) is 0 Å². The van der Waals surface area contributed by atoms with E-state index in [1.54, 1.807) is 18.6 Å². The van der Waals surface area contributed by atoms with Crippen LogP contribution >= 0.6 is 0 Å². The van der Waals surface area contributed by atoms with E-state index >= 15 is 0 Å². The maximum absolute atomic E-state index is 12.8. The summed E-state index contributed by atoms with van der Waals surface area (Å²) < 4.78 is 1.44. The third kappa shape index (κ3) is 3.40. The van der Waals surface area contributed by atoms with Crippen LogP contribution in [-0.4, -0.2) is 33.3 Å². The number of nitrogens with one attached hydrogen (secondary N) is 2. The van der Waals surface area contributed by atoms with Crippen LogP contribution in [-0.2, 0) is 6.54 Å². The van der Waals surface area contributed by atoms with Gasteiger partial charge in [0.05, 0.1) is 18.3 Å². The average Bonchev–Trinajstić information content (AvgIpc) is 3.41. The highest BCUT2D eigenvalue weighted by molar-refractivity contribution is 6.00. The molecular formula is C20H20N4O3. The lowest BCUT2D eigenvalue weighted by Gasteiger charge is -2.11. The smallest absolute Gasteiger partial charge is 0.263 e. The Kier molecular flexibility index (Phi) is 4.35. The number of carbonyl (C=O) groups is 2. The first kappa shape index (κ1) is 17.2. The van der Waals surface area contributed by atoms with Gasteiger partial charge in [-0.15, -0.1) is 0 Å². The molecule has 0 aliphatic heterocycles. The number of carbonyl (C=O) groups excluding carboxylic acids is 2. The number of H-pyrrole nitrogens is 1. The van der Waals surface area contributed by atoms with Gasteiger partial charge in [-0.05, 0) is 36.5 Å². The summed E-state index contributed by atoms with van der Waals surface area (Å²) in [5.74, 6) is -0.0834. The number of rotatable bonds is 6. The van der Waals surface area contributed by atoms with E-state index in [1.165, 1.54) is 17.7 Å². The van der Waals surface area contributed by atoms with Gasteiger partial charge in [-0.2, -0.15) is 0 Å². The van der Waals surface area contributed by atoms with Gasteiger partial charge < -0.3 is 14.9 Å². The van der Waals surface area contributed by atoms with Crippen molar-refractivity contribution in [3.05, 3.63) is 64.0 Å². The van der Waals surface area contributed by atoms with E-state index in [9.17, 15) is 14.4 Å². The monoisotopic (exact) mass is 364 g/mol. The lowest BCUT2D eigenvalue weighted by atomic mass is 10.0. The van der Waals surface area contributed by atoms with Crippen LogP contribution in [0.25, 0.3) is 10.9 Å². The van der Waals surface area contributed by atoms with Crippen molar-refractivity contribution in [2.75, 3.05) is 7.05 Å². The number of aromatic amines is 1. The summed E-state index contributed by atoms with van der Waals surface area (Å²) in [6, 6.07) is 3.29. The second kappa shape index (κ2) is 6.83. The van der Waals surface area contributed by atoms with E-state index < -0.39 is 11.5 Å². The molecule has 1 fully saturated rings. The first-order chi connectivity index (χ1) is 13.1. The van der Waals surface area contributed by atoms with Crippen molar-refractivity contribution in [1.29, 1.82) is 0 Å². The van der Waals surface area contributed by atoms with Crippen LogP contribution in [0.4, 0.5) is 0 Å². The Balaban J connectivity index is 1.76. The molecule has 1 saturated carbocycles. The molecule has 7 nitrogen and oxygen atoms in total. The number of nitrogens with zero attached hydrogens (tertiary/aromatic N) is 2. The molecule has 1 amide bonds. The number of hydrogen-bond acceptors (Lipinski definition) is 4. The minimum atomic E-state index is -0.488. The summed E-state index contributed by atoms with van der Waals surface area (Å²) in [5, 5.41) is 3.43. The van der Waals surface area contributed by atoms with Gasteiger partial charge in [-0.3, -0.25) is 19.4 Å². The second-order valence-corrected chi connectivity index (χ2v) is 6.96. The summed E-state index contributed by atoms with van der Waals surface area (Å²) in [5.41, 5.74) is 1.74. The van der Waals surface area contributed by atoms with Gasteiger partial charge in [-0.1, -0.05) is 0 Å². The van der Waals surface area contributed by atoms with Crippen LogP contribution in [0.2, 0.25) is 0 Å². The molecular weight excluding hydrogens is 344 g/mol. The highest BCUT2D eigenvalue weighted by Gasteiger charge is 2.26. The van der Waals surface area contributed by atoms with E-state index in [2.05, 4.69) is 15.3 Å². The largest absolute Gasteiger partial charge is 0.360 e. The van der Waals surface area contributed by atoms with Crippen LogP contribution in [0.3, 0.4) is 0 Å². The zero-order chi connectivity index (χ0) is 19.0. The molecule has 0 saturated heterocycles. The van der Waals surface area contributed by atoms with Gasteiger partial charge in [0.25, 0.3) is 11.5 Å². The Hall–Kier alpha value is -3.22. The normalized spacial score (nSPS) is 13.7. The predicted molar refractivity (Wildman–Crippen MR) is 101 cm³/mol. The first-order valence-electron chi connectivity index (χ1n) is 8.96. The van der Waals surface area contributed by atoms with Crippen molar-refractivity contribution in [3.63, 3.8) is 0 Å². The molecule has 1 aliphatic carbocycles. The number of fused-ring (bicyclic) bond motifs is 1. The third-order valence-electron chi connectivity index (χ3n) is 4.96. The van der Waals surface area contributed by atoms with Gasteiger partial charge in [0, 0.05) is 43.0 Å². The lowest BCUT2D eigenvalue weighted by molar-refractivity contribution is 0.0961. The number of pyridine rings is 2. The molecule has 138 valence electrons. The topological polar surface area (TPSA) is 96.8 Å². The van der Waals surface area contributed by atoms with E-state index in [1.807, 2.05) is 12.3 Å². The fourth-order valence-corrected chi connectivity index (χ4v) is 3.25. The number of amides is 1. The van der Waals surface area contributed by atoms with Gasteiger partial charge in [0.1, 0.15) is 5.56 Å². The SMILES string of the molecule is CNC(=O)c1cc(C(=O)CC2CC2)cn(Cc2c[nH]c3cnccc23)c1=O.